The predicted molar refractivity (Wildman–Crippen MR) is 126 cm³/mol. The molecule has 31 heavy (non-hydrogen) atoms. The molecule has 0 spiro atoms. The first-order valence-electron chi connectivity index (χ1n) is 12.1. The van der Waals surface area contributed by atoms with E-state index < -0.39 is 0 Å². The van der Waals surface area contributed by atoms with Crippen LogP contribution >= 0.6 is 0 Å². The Labute approximate surface area is 187 Å². The van der Waals surface area contributed by atoms with Crippen LogP contribution in [0.3, 0.4) is 0 Å². The van der Waals surface area contributed by atoms with Gasteiger partial charge in [0.15, 0.2) is 0 Å². The van der Waals surface area contributed by atoms with Crippen molar-refractivity contribution in [3.05, 3.63) is 35.4 Å². The molecule has 1 aliphatic carbocycles. The van der Waals surface area contributed by atoms with E-state index in [1.807, 2.05) is 6.20 Å². The Morgan fingerprint density at radius 1 is 1.10 bits per heavy atom. The van der Waals surface area contributed by atoms with Crippen molar-refractivity contribution in [2.24, 2.45) is 22.9 Å². The molecule has 6 heteroatoms. The van der Waals surface area contributed by atoms with Crippen molar-refractivity contribution in [3.8, 4) is 0 Å². The van der Waals surface area contributed by atoms with E-state index in [0.29, 0.717) is 29.7 Å². The molecule has 0 saturated heterocycles. The van der Waals surface area contributed by atoms with Gasteiger partial charge >= 0.3 is 0 Å². The average molecular weight is 425 g/mol. The molecule has 4 rings (SSSR count). The van der Waals surface area contributed by atoms with Crippen LogP contribution in [0.1, 0.15) is 82.5 Å². The van der Waals surface area contributed by atoms with Gasteiger partial charge in [-0.25, -0.2) is 0 Å². The molecule has 1 saturated carbocycles. The van der Waals surface area contributed by atoms with Crippen molar-refractivity contribution in [2.45, 2.75) is 91.8 Å². The summed E-state index contributed by atoms with van der Waals surface area (Å²) in [4.78, 5) is 0. The number of aryl methyl sites for hydroxylation is 2. The molecule has 6 nitrogen and oxygen atoms in total. The summed E-state index contributed by atoms with van der Waals surface area (Å²) < 4.78 is 4.24. The molecule has 2 aliphatic rings. The molecule has 0 N–H and O–H groups in total. The summed E-state index contributed by atoms with van der Waals surface area (Å²) in [6, 6.07) is 0.505. The normalized spacial score (nSPS) is 23.5. The number of rotatable bonds is 9. The molecule has 170 valence electrons. The fourth-order valence-corrected chi connectivity index (χ4v) is 5.12. The third-order valence-corrected chi connectivity index (χ3v) is 7.44. The van der Waals surface area contributed by atoms with Gasteiger partial charge in [-0.15, -0.1) is 0 Å². The molecular weight excluding hydrogens is 384 g/mol. The zero-order valence-electron chi connectivity index (χ0n) is 20.4. The number of aromatic nitrogens is 4. The minimum Gasteiger partial charge on any atom is -0.297 e. The van der Waals surface area contributed by atoms with Crippen molar-refractivity contribution >= 4 is 5.71 Å². The van der Waals surface area contributed by atoms with Gasteiger partial charge in [0.2, 0.25) is 0 Å². The number of nitrogens with zero attached hydrogens (tertiary/aromatic N) is 6. The molecule has 1 fully saturated rings. The quantitative estimate of drug-likeness (QED) is 0.565. The maximum Gasteiger partial charge on any atom is 0.0629 e. The Hall–Kier alpha value is -2.11. The standard InChI is InChI=1S/C25H40N6/c1-16(2)22-12-26-31(14-22)13-18(4)23-15-30(27-19(23)5)11-10-17(3)24-20(6)29(7)28-25(24)21-8-9-21/h12,14-18,20-21,24H,8-11,13H2,1-7H3. The van der Waals surface area contributed by atoms with E-state index in [1.54, 1.807) is 0 Å². The smallest absolute Gasteiger partial charge is 0.0629 e. The molecule has 0 radical (unpaired) electrons. The van der Waals surface area contributed by atoms with Crippen LogP contribution in [-0.4, -0.2) is 43.4 Å². The molecule has 2 aromatic heterocycles. The van der Waals surface area contributed by atoms with Gasteiger partial charge in [0.05, 0.1) is 17.9 Å². The summed E-state index contributed by atoms with van der Waals surface area (Å²) >= 11 is 0. The molecule has 4 atom stereocenters. The molecule has 0 aromatic carbocycles. The third-order valence-electron chi connectivity index (χ3n) is 7.44. The lowest BCUT2D eigenvalue weighted by Gasteiger charge is -2.27. The van der Waals surface area contributed by atoms with Crippen molar-refractivity contribution in [1.29, 1.82) is 0 Å². The highest BCUT2D eigenvalue weighted by atomic mass is 15.5. The van der Waals surface area contributed by atoms with Crippen LogP contribution in [0, 0.1) is 24.7 Å². The molecule has 2 aromatic rings. The fraction of sp³-hybridized carbons (Fsp3) is 0.720. The maximum atomic E-state index is 4.90. The van der Waals surface area contributed by atoms with Gasteiger partial charge in [0.25, 0.3) is 0 Å². The first-order valence-corrected chi connectivity index (χ1v) is 12.1. The lowest BCUT2D eigenvalue weighted by molar-refractivity contribution is 0.222. The Balaban J connectivity index is 1.36. The maximum absolute atomic E-state index is 4.90. The summed E-state index contributed by atoms with van der Waals surface area (Å²) in [6.45, 7) is 15.4. The second-order valence-electron chi connectivity index (χ2n) is 10.4. The highest BCUT2D eigenvalue weighted by Crippen LogP contribution is 2.41. The highest BCUT2D eigenvalue weighted by molar-refractivity contribution is 5.92. The summed E-state index contributed by atoms with van der Waals surface area (Å²) in [7, 11) is 2.13. The molecule has 4 unspecified atom stereocenters. The van der Waals surface area contributed by atoms with Gasteiger partial charge in [-0.1, -0.05) is 27.7 Å². The van der Waals surface area contributed by atoms with Gasteiger partial charge in [-0.05, 0) is 62.0 Å². The number of hydrazone groups is 1. The van der Waals surface area contributed by atoms with Gasteiger partial charge in [0, 0.05) is 50.1 Å². The molecule has 0 bridgehead atoms. The van der Waals surface area contributed by atoms with Crippen LogP contribution in [0.15, 0.2) is 23.7 Å². The summed E-state index contributed by atoms with van der Waals surface area (Å²) in [5, 5.41) is 16.5. The van der Waals surface area contributed by atoms with Crippen LogP contribution in [0.2, 0.25) is 0 Å². The monoisotopic (exact) mass is 424 g/mol. The van der Waals surface area contributed by atoms with Crippen molar-refractivity contribution in [3.63, 3.8) is 0 Å². The van der Waals surface area contributed by atoms with Crippen LogP contribution in [0.25, 0.3) is 0 Å². The van der Waals surface area contributed by atoms with E-state index in [2.05, 4.69) is 80.5 Å². The van der Waals surface area contributed by atoms with E-state index in [-0.39, 0.29) is 0 Å². The van der Waals surface area contributed by atoms with E-state index >= 15 is 0 Å². The van der Waals surface area contributed by atoms with E-state index in [4.69, 9.17) is 10.2 Å². The predicted octanol–water partition coefficient (Wildman–Crippen LogP) is 5.06. The second kappa shape index (κ2) is 8.79. The minimum absolute atomic E-state index is 0.392. The lowest BCUT2D eigenvalue weighted by atomic mass is 9.81. The Bertz CT molecular complexity index is 918. The van der Waals surface area contributed by atoms with E-state index in [0.717, 1.165) is 31.1 Å². The zero-order valence-corrected chi connectivity index (χ0v) is 20.4. The van der Waals surface area contributed by atoms with E-state index in [1.165, 1.54) is 29.7 Å². The highest BCUT2D eigenvalue weighted by Gasteiger charge is 2.42. The van der Waals surface area contributed by atoms with Crippen LogP contribution < -0.4 is 0 Å². The Morgan fingerprint density at radius 3 is 2.48 bits per heavy atom. The molecule has 3 heterocycles. The SMILES string of the molecule is Cc1nn(CCC(C)C2C(C3CC3)=NN(C)C2C)cc1C(C)Cn1cc(C(C)C)cn1. The second-order valence-corrected chi connectivity index (χ2v) is 10.4. The molecular formula is C25H40N6. The van der Waals surface area contributed by atoms with Crippen LogP contribution in [0.5, 0.6) is 0 Å². The fourth-order valence-electron chi connectivity index (χ4n) is 5.12. The van der Waals surface area contributed by atoms with Gasteiger partial charge < -0.3 is 0 Å². The van der Waals surface area contributed by atoms with Gasteiger partial charge in [-0.3, -0.25) is 14.4 Å². The van der Waals surface area contributed by atoms with E-state index in [9.17, 15) is 0 Å². The van der Waals surface area contributed by atoms with Crippen molar-refractivity contribution in [2.75, 3.05) is 7.05 Å². The Kier molecular flexibility index (Phi) is 6.27. The van der Waals surface area contributed by atoms with Gasteiger partial charge in [-0.2, -0.15) is 15.3 Å². The van der Waals surface area contributed by atoms with Crippen molar-refractivity contribution < 1.29 is 0 Å². The van der Waals surface area contributed by atoms with Crippen LogP contribution in [-0.2, 0) is 13.1 Å². The third kappa shape index (κ3) is 4.73. The first-order chi connectivity index (χ1) is 14.7. The molecule has 0 amide bonds. The zero-order chi connectivity index (χ0) is 22.3. The van der Waals surface area contributed by atoms with Crippen molar-refractivity contribution in [1.82, 2.24) is 24.6 Å². The summed E-state index contributed by atoms with van der Waals surface area (Å²) in [6.07, 6.45) is 10.2. The topological polar surface area (TPSA) is 51.2 Å². The van der Waals surface area contributed by atoms with Crippen LogP contribution in [0.4, 0.5) is 0 Å². The first kappa shape index (κ1) is 22.1. The minimum atomic E-state index is 0.392. The number of hydrogen-bond acceptors (Lipinski definition) is 4. The summed E-state index contributed by atoms with van der Waals surface area (Å²) in [5.41, 5.74) is 5.25. The molecule has 1 aliphatic heterocycles. The largest absolute Gasteiger partial charge is 0.297 e. The van der Waals surface area contributed by atoms with Gasteiger partial charge in [0.1, 0.15) is 0 Å². The Morgan fingerprint density at radius 2 is 1.84 bits per heavy atom. The lowest BCUT2D eigenvalue weighted by Crippen LogP contribution is -2.33. The number of hydrogen-bond donors (Lipinski definition) is 0. The summed E-state index contributed by atoms with van der Waals surface area (Å²) in [5.74, 6) is 2.86. The average Bonchev–Trinajstić information content (AvgIpc) is 3.22.